The van der Waals surface area contributed by atoms with Crippen molar-refractivity contribution in [3.8, 4) is 0 Å². The summed E-state index contributed by atoms with van der Waals surface area (Å²) in [6.07, 6.45) is 0.531. The van der Waals surface area contributed by atoms with E-state index in [0.717, 1.165) is 12.1 Å². The molecule has 0 heterocycles. The average Bonchev–Trinajstić information content (AvgIpc) is 2.36. The molecule has 120 valence electrons. The van der Waals surface area contributed by atoms with E-state index in [1.165, 1.54) is 0 Å². The molecular weight excluding hydrogens is 288 g/mol. The Kier molecular flexibility index (Phi) is 6.34. The maximum Gasteiger partial charge on any atom is 0.240 e. The van der Waals surface area contributed by atoms with E-state index >= 15 is 0 Å². The second kappa shape index (κ2) is 7.35. The summed E-state index contributed by atoms with van der Waals surface area (Å²) in [7, 11) is 0.445. The third-order valence-corrected chi connectivity index (χ3v) is 4.54. The first kappa shape index (κ1) is 18.1. The molecule has 0 bridgehead atoms. The molecule has 0 aliphatic carbocycles. The summed E-state index contributed by atoms with van der Waals surface area (Å²) < 4.78 is 27.2. The van der Waals surface area contributed by atoms with Gasteiger partial charge in [0.1, 0.15) is 0 Å². The van der Waals surface area contributed by atoms with E-state index in [0.29, 0.717) is 13.0 Å². The second-order valence-electron chi connectivity index (χ2n) is 6.34. The Balaban J connectivity index is 2.73. The topological polar surface area (TPSA) is 69.6 Å². The zero-order valence-corrected chi connectivity index (χ0v) is 14.1. The molecule has 0 radical (unpaired) electrons. The SMILES string of the molecule is CN(C)CC(C)(C)CNS(=O)(=O)c1ccc(CCO)cc1. The first-order chi connectivity index (χ1) is 9.66. The minimum absolute atomic E-state index is 0.0586. The minimum Gasteiger partial charge on any atom is -0.396 e. The maximum atomic E-state index is 12.3. The largest absolute Gasteiger partial charge is 0.396 e. The van der Waals surface area contributed by atoms with Crippen molar-refractivity contribution in [1.82, 2.24) is 9.62 Å². The van der Waals surface area contributed by atoms with Gasteiger partial charge in [0.15, 0.2) is 0 Å². The van der Waals surface area contributed by atoms with Gasteiger partial charge >= 0.3 is 0 Å². The van der Waals surface area contributed by atoms with Gasteiger partial charge in [-0.2, -0.15) is 0 Å². The molecule has 0 fully saturated rings. The second-order valence-corrected chi connectivity index (χ2v) is 8.11. The molecule has 0 aliphatic heterocycles. The zero-order chi connectivity index (χ0) is 16.1. The van der Waals surface area contributed by atoms with Gasteiger partial charge in [-0.15, -0.1) is 0 Å². The van der Waals surface area contributed by atoms with Crippen LogP contribution in [0.5, 0.6) is 0 Å². The molecule has 0 saturated heterocycles. The first-order valence-electron chi connectivity index (χ1n) is 7.00. The number of benzene rings is 1. The molecule has 0 saturated carbocycles. The molecule has 0 atom stereocenters. The van der Waals surface area contributed by atoms with Crippen molar-refractivity contribution in [3.05, 3.63) is 29.8 Å². The fourth-order valence-corrected chi connectivity index (χ4v) is 3.49. The van der Waals surface area contributed by atoms with Gasteiger partial charge in [-0.25, -0.2) is 13.1 Å². The Hall–Kier alpha value is -0.950. The van der Waals surface area contributed by atoms with Gasteiger partial charge in [-0.05, 0) is 43.6 Å². The van der Waals surface area contributed by atoms with E-state index in [1.807, 2.05) is 32.8 Å². The normalized spacial score (nSPS) is 12.9. The van der Waals surface area contributed by atoms with Gasteiger partial charge in [0, 0.05) is 19.7 Å². The molecule has 0 aliphatic rings. The standard InChI is InChI=1S/C15H26N2O3S/c1-15(2,12-17(3)4)11-16-21(19,20)14-7-5-13(6-8-14)9-10-18/h5-8,16,18H,9-12H2,1-4H3. The highest BCUT2D eigenvalue weighted by atomic mass is 32.2. The third kappa shape index (κ3) is 6.13. The van der Waals surface area contributed by atoms with Crippen LogP contribution in [0.2, 0.25) is 0 Å². The molecule has 0 amide bonds. The van der Waals surface area contributed by atoms with Crippen molar-refractivity contribution in [3.63, 3.8) is 0 Å². The van der Waals surface area contributed by atoms with Crippen molar-refractivity contribution in [2.75, 3.05) is 33.8 Å². The highest BCUT2D eigenvalue weighted by molar-refractivity contribution is 7.89. The van der Waals surface area contributed by atoms with Crippen LogP contribution in [0.3, 0.4) is 0 Å². The fourth-order valence-electron chi connectivity index (χ4n) is 2.25. The molecule has 21 heavy (non-hydrogen) atoms. The van der Waals surface area contributed by atoms with Crippen LogP contribution in [0, 0.1) is 5.41 Å². The van der Waals surface area contributed by atoms with E-state index in [-0.39, 0.29) is 16.9 Å². The van der Waals surface area contributed by atoms with Gasteiger partial charge < -0.3 is 10.0 Å². The van der Waals surface area contributed by atoms with Crippen LogP contribution < -0.4 is 4.72 Å². The number of rotatable bonds is 8. The molecule has 1 aromatic rings. The van der Waals surface area contributed by atoms with Crippen LogP contribution in [-0.4, -0.2) is 52.2 Å². The lowest BCUT2D eigenvalue weighted by atomic mass is 9.93. The van der Waals surface area contributed by atoms with E-state index < -0.39 is 10.0 Å². The number of aliphatic hydroxyl groups excluding tert-OH is 1. The lowest BCUT2D eigenvalue weighted by Gasteiger charge is -2.28. The highest BCUT2D eigenvalue weighted by Gasteiger charge is 2.23. The van der Waals surface area contributed by atoms with Crippen molar-refractivity contribution in [1.29, 1.82) is 0 Å². The number of hydrogen-bond donors (Lipinski definition) is 2. The summed E-state index contributed by atoms with van der Waals surface area (Å²) in [5, 5.41) is 8.86. The van der Waals surface area contributed by atoms with Crippen LogP contribution >= 0.6 is 0 Å². The van der Waals surface area contributed by atoms with Crippen LogP contribution in [0.4, 0.5) is 0 Å². The molecule has 0 unspecified atom stereocenters. The maximum absolute atomic E-state index is 12.3. The summed E-state index contributed by atoms with van der Waals surface area (Å²) in [6.45, 7) is 5.29. The summed E-state index contributed by atoms with van der Waals surface area (Å²) >= 11 is 0. The monoisotopic (exact) mass is 314 g/mol. The third-order valence-electron chi connectivity index (χ3n) is 3.12. The van der Waals surface area contributed by atoms with Gasteiger partial charge in [0.05, 0.1) is 4.90 Å². The Bertz CT molecular complexity index is 537. The number of nitrogens with zero attached hydrogens (tertiary/aromatic N) is 1. The van der Waals surface area contributed by atoms with Crippen molar-refractivity contribution >= 4 is 10.0 Å². The van der Waals surface area contributed by atoms with Crippen LogP contribution in [0.25, 0.3) is 0 Å². The molecule has 1 aromatic carbocycles. The van der Waals surface area contributed by atoms with Crippen molar-refractivity contribution < 1.29 is 13.5 Å². The zero-order valence-electron chi connectivity index (χ0n) is 13.3. The lowest BCUT2D eigenvalue weighted by molar-refractivity contribution is 0.242. The average molecular weight is 314 g/mol. The number of nitrogens with one attached hydrogen (secondary N) is 1. The molecule has 6 heteroatoms. The van der Waals surface area contributed by atoms with Gasteiger partial charge in [-0.1, -0.05) is 26.0 Å². The first-order valence-corrected chi connectivity index (χ1v) is 8.49. The quantitative estimate of drug-likeness (QED) is 0.753. The van der Waals surface area contributed by atoms with Crippen molar-refractivity contribution in [2.45, 2.75) is 25.2 Å². The highest BCUT2D eigenvalue weighted by Crippen LogP contribution is 2.17. The summed E-state index contributed by atoms with van der Waals surface area (Å²) in [5.41, 5.74) is 0.775. The fraction of sp³-hybridized carbons (Fsp3) is 0.600. The Morgan fingerprint density at radius 3 is 2.24 bits per heavy atom. The van der Waals surface area contributed by atoms with E-state index in [1.54, 1.807) is 24.3 Å². The molecule has 1 rings (SSSR count). The Morgan fingerprint density at radius 2 is 1.76 bits per heavy atom. The summed E-state index contributed by atoms with van der Waals surface area (Å²) in [4.78, 5) is 2.29. The predicted molar refractivity (Wildman–Crippen MR) is 84.8 cm³/mol. The predicted octanol–water partition coefficient (Wildman–Crippen LogP) is 1.09. The van der Waals surface area contributed by atoms with E-state index in [4.69, 9.17) is 5.11 Å². The van der Waals surface area contributed by atoms with Crippen LogP contribution in [-0.2, 0) is 16.4 Å². The smallest absolute Gasteiger partial charge is 0.240 e. The number of hydrogen-bond acceptors (Lipinski definition) is 4. The van der Waals surface area contributed by atoms with Crippen LogP contribution in [0.1, 0.15) is 19.4 Å². The van der Waals surface area contributed by atoms with Gasteiger partial charge in [-0.3, -0.25) is 0 Å². The molecule has 2 N–H and O–H groups in total. The van der Waals surface area contributed by atoms with E-state index in [2.05, 4.69) is 4.72 Å². The van der Waals surface area contributed by atoms with Crippen LogP contribution in [0.15, 0.2) is 29.2 Å². The molecule has 0 spiro atoms. The molecular formula is C15H26N2O3S. The number of aliphatic hydroxyl groups is 1. The minimum atomic E-state index is -3.49. The van der Waals surface area contributed by atoms with Gasteiger partial charge in [0.25, 0.3) is 0 Å². The van der Waals surface area contributed by atoms with Crippen molar-refractivity contribution in [2.24, 2.45) is 5.41 Å². The Morgan fingerprint density at radius 1 is 1.19 bits per heavy atom. The summed E-state index contributed by atoms with van der Waals surface area (Å²) in [5.74, 6) is 0. The van der Waals surface area contributed by atoms with Gasteiger partial charge in [0.2, 0.25) is 10.0 Å². The molecule has 5 nitrogen and oxygen atoms in total. The van der Waals surface area contributed by atoms with E-state index in [9.17, 15) is 8.42 Å². The summed E-state index contributed by atoms with van der Waals surface area (Å²) in [6, 6.07) is 6.62. The Labute approximate surface area is 128 Å². The molecule has 0 aromatic heterocycles. The number of sulfonamides is 1. The lowest BCUT2D eigenvalue weighted by Crippen LogP contribution is -2.39.